The van der Waals surface area contributed by atoms with E-state index >= 15 is 0 Å². The Morgan fingerprint density at radius 1 is 1.14 bits per heavy atom. The average Bonchev–Trinajstić information content (AvgIpc) is 3.09. The molecule has 29 heavy (non-hydrogen) atoms. The molecule has 0 aliphatic rings. The van der Waals surface area contributed by atoms with Gasteiger partial charge in [0.1, 0.15) is 11.6 Å². The third-order valence-electron chi connectivity index (χ3n) is 4.87. The molecule has 5 nitrogen and oxygen atoms in total. The molecular formula is C23H28ClN3O2. The van der Waals surface area contributed by atoms with Crippen molar-refractivity contribution >= 4 is 28.5 Å². The molecule has 3 aromatic rings. The second-order valence-corrected chi connectivity index (χ2v) is 7.64. The molecule has 0 saturated heterocycles. The number of para-hydroxylation sites is 2. The normalized spacial score (nSPS) is 12.1. The Hall–Kier alpha value is -2.53. The third kappa shape index (κ3) is 5.73. The molecule has 1 amide bonds. The van der Waals surface area contributed by atoms with Crippen LogP contribution in [-0.2, 0) is 11.3 Å². The number of hydrogen-bond acceptors (Lipinski definition) is 3. The number of fused-ring (bicyclic) bond motifs is 1. The molecule has 1 N–H and O–H groups in total. The summed E-state index contributed by atoms with van der Waals surface area (Å²) in [5, 5.41) is 3.64. The zero-order chi connectivity index (χ0) is 20.6. The largest absolute Gasteiger partial charge is 0.484 e. The van der Waals surface area contributed by atoms with Crippen LogP contribution < -0.4 is 10.1 Å². The highest BCUT2D eigenvalue weighted by Gasteiger charge is 2.18. The molecule has 1 atom stereocenters. The summed E-state index contributed by atoms with van der Waals surface area (Å²) in [6.07, 6.45) is 4.73. The van der Waals surface area contributed by atoms with Gasteiger partial charge >= 0.3 is 0 Å². The van der Waals surface area contributed by atoms with E-state index < -0.39 is 0 Å². The predicted molar refractivity (Wildman–Crippen MR) is 117 cm³/mol. The van der Waals surface area contributed by atoms with E-state index in [1.54, 1.807) is 24.3 Å². The van der Waals surface area contributed by atoms with Crippen LogP contribution >= 0.6 is 11.6 Å². The first kappa shape index (κ1) is 21.2. The van der Waals surface area contributed by atoms with E-state index in [2.05, 4.69) is 22.9 Å². The lowest BCUT2D eigenvalue weighted by Gasteiger charge is -2.16. The van der Waals surface area contributed by atoms with Crippen molar-refractivity contribution in [1.29, 1.82) is 0 Å². The first-order valence-electron chi connectivity index (χ1n) is 10.2. The van der Waals surface area contributed by atoms with Crippen LogP contribution in [0.3, 0.4) is 0 Å². The molecule has 0 fully saturated rings. The number of ether oxygens (including phenoxy) is 1. The van der Waals surface area contributed by atoms with Crippen LogP contribution in [0.5, 0.6) is 5.75 Å². The number of hydrogen-bond donors (Lipinski definition) is 1. The van der Waals surface area contributed by atoms with Gasteiger partial charge in [0.2, 0.25) is 0 Å². The Morgan fingerprint density at radius 2 is 1.90 bits per heavy atom. The van der Waals surface area contributed by atoms with Gasteiger partial charge < -0.3 is 14.6 Å². The zero-order valence-electron chi connectivity index (χ0n) is 17.0. The van der Waals surface area contributed by atoms with Gasteiger partial charge in [-0.3, -0.25) is 4.79 Å². The number of unbranched alkanes of at least 4 members (excludes halogenated alkanes) is 3. The van der Waals surface area contributed by atoms with Crippen LogP contribution in [0.1, 0.15) is 51.4 Å². The predicted octanol–water partition coefficient (Wildman–Crippen LogP) is 5.53. The number of benzene rings is 2. The summed E-state index contributed by atoms with van der Waals surface area (Å²) < 4.78 is 7.77. The molecule has 1 heterocycles. The van der Waals surface area contributed by atoms with Crippen molar-refractivity contribution < 1.29 is 9.53 Å². The van der Waals surface area contributed by atoms with Crippen LogP contribution in [-0.4, -0.2) is 22.1 Å². The first-order valence-corrected chi connectivity index (χ1v) is 10.6. The fourth-order valence-corrected chi connectivity index (χ4v) is 3.51. The number of nitrogens with zero attached hydrogens (tertiary/aromatic N) is 2. The number of halogens is 1. The van der Waals surface area contributed by atoms with Crippen molar-refractivity contribution in [2.24, 2.45) is 0 Å². The van der Waals surface area contributed by atoms with E-state index in [9.17, 15) is 4.79 Å². The summed E-state index contributed by atoms with van der Waals surface area (Å²) in [4.78, 5) is 17.2. The van der Waals surface area contributed by atoms with Crippen LogP contribution in [0.4, 0.5) is 0 Å². The quantitative estimate of drug-likeness (QED) is 0.445. The smallest absolute Gasteiger partial charge is 0.258 e. The highest BCUT2D eigenvalue weighted by atomic mass is 35.5. The Labute approximate surface area is 177 Å². The van der Waals surface area contributed by atoms with Gasteiger partial charge in [0.25, 0.3) is 5.91 Å². The lowest BCUT2D eigenvalue weighted by molar-refractivity contribution is -0.123. The fourth-order valence-electron chi connectivity index (χ4n) is 3.38. The van der Waals surface area contributed by atoms with Gasteiger partial charge in [-0.25, -0.2) is 4.98 Å². The Balaban J connectivity index is 1.66. The number of aromatic nitrogens is 2. The van der Waals surface area contributed by atoms with Crippen LogP contribution in [0, 0.1) is 0 Å². The summed E-state index contributed by atoms with van der Waals surface area (Å²) in [5.41, 5.74) is 2.06. The van der Waals surface area contributed by atoms with Crippen molar-refractivity contribution in [3.63, 3.8) is 0 Å². The molecule has 3 rings (SSSR count). The van der Waals surface area contributed by atoms with Gasteiger partial charge in [0, 0.05) is 11.6 Å². The molecule has 0 radical (unpaired) electrons. The number of rotatable bonds is 10. The molecule has 0 saturated carbocycles. The molecule has 1 aromatic heterocycles. The summed E-state index contributed by atoms with van der Waals surface area (Å²) >= 11 is 5.87. The number of carbonyl (C=O) groups excluding carboxylic acids is 1. The number of carbonyl (C=O) groups is 1. The summed E-state index contributed by atoms with van der Waals surface area (Å²) in [5.74, 6) is 1.31. The minimum Gasteiger partial charge on any atom is -0.484 e. The highest BCUT2D eigenvalue weighted by Crippen LogP contribution is 2.22. The van der Waals surface area contributed by atoms with Gasteiger partial charge in [-0.15, -0.1) is 0 Å². The van der Waals surface area contributed by atoms with Crippen LogP contribution in [0.25, 0.3) is 11.0 Å². The van der Waals surface area contributed by atoms with Crippen LogP contribution in [0.15, 0.2) is 48.5 Å². The molecule has 1 unspecified atom stereocenters. The van der Waals surface area contributed by atoms with Crippen molar-refractivity contribution in [3.8, 4) is 5.75 Å². The van der Waals surface area contributed by atoms with Crippen molar-refractivity contribution in [2.45, 2.75) is 52.1 Å². The number of amides is 1. The minimum atomic E-state index is -0.213. The van der Waals surface area contributed by atoms with E-state index in [1.165, 1.54) is 19.3 Å². The zero-order valence-corrected chi connectivity index (χ0v) is 17.8. The standard InChI is InChI=1S/C23H28ClN3O2/c1-3-4-5-8-15-27-21-10-7-6-9-20(21)26-23(27)17(2)25-22(28)16-29-19-13-11-18(24)12-14-19/h6-7,9-14,17H,3-5,8,15-16H2,1-2H3,(H,25,28). The topological polar surface area (TPSA) is 56.2 Å². The third-order valence-corrected chi connectivity index (χ3v) is 5.12. The molecule has 154 valence electrons. The first-order chi connectivity index (χ1) is 14.1. The number of imidazole rings is 1. The lowest BCUT2D eigenvalue weighted by atomic mass is 10.2. The molecule has 0 bridgehead atoms. The van der Waals surface area contributed by atoms with Gasteiger partial charge in [0.05, 0.1) is 17.1 Å². The molecule has 6 heteroatoms. The van der Waals surface area contributed by atoms with E-state index in [-0.39, 0.29) is 18.6 Å². The summed E-state index contributed by atoms with van der Waals surface area (Å²) in [7, 11) is 0. The SMILES string of the molecule is CCCCCCn1c(C(C)NC(=O)COc2ccc(Cl)cc2)nc2ccccc21. The number of aryl methyl sites for hydroxylation is 1. The monoisotopic (exact) mass is 413 g/mol. The Morgan fingerprint density at radius 3 is 2.66 bits per heavy atom. The Kier molecular flexibility index (Phi) is 7.53. The van der Waals surface area contributed by atoms with Gasteiger partial charge in [-0.05, 0) is 49.7 Å². The second-order valence-electron chi connectivity index (χ2n) is 7.20. The van der Waals surface area contributed by atoms with E-state index in [0.717, 1.165) is 29.8 Å². The lowest BCUT2D eigenvalue weighted by Crippen LogP contribution is -2.32. The van der Waals surface area contributed by atoms with Crippen molar-refractivity contribution in [3.05, 3.63) is 59.4 Å². The molecule has 0 aliphatic heterocycles. The average molecular weight is 414 g/mol. The highest BCUT2D eigenvalue weighted by molar-refractivity contribution is 6.30. The molecule has 0 spiro atoms. The number of nitrogens with one attached hydrogen (secondary N) is 1. The second kappa shape index (κ2) is 10.3. The van der Waals surface area contributed by atoms with E-state index in [1.807, 2.05) is 25.1 Å². The summed E-state index contributed by atoms with van der Waals surface area (Å²) in [6, 6.07) is 14.9. The maximum Gasteiger partial charge on any atom is 0.258 e. The van der Waals surface area contributed by atoms with Gasteiger partial charge in [0.15, 0.2) is 6.61 Å². The minimum absolute atomic E-state index is 0.0529. The molecular weight excluding hydrogens is 386 g/mol. The molecule has 0 aliphatic carbocycles. The Bertz CT molecular complexity index is 937. The van der Waals surface area contributed by atoms with E-state index in [0.29, 0.717) is 10.8 Å². The maximum atomic E-state index is 12.4. The van der Waals surface area contributed by atoms with Crippen molar-refractivity contribution in [2.75, 3.05) is 6.61 Å². The van der Waals surface area contributed by atoms with Crippen molar-refractivity contribution in [1.82, 2.24) is 14.9 Å². The summed E-state index contributed by atoms with van der Waals surface area (Å²) in [6.45, 7) is 5.02. The van der Waals surface area contributed by atoms with Crippen LogP contribution in [0.2, 0.25) is 5.02 Å². The van der Waals surface area contributed by atoms with Gasteiger partial charge in [-0.2, -0.15) is 0 Å². The molecule has 2 aromatic carbocycles. The maximum absolute atomic E-state index is 12.4. The fraction of sp³-hybridized carbons (Fsp3) is 0.391. The van der Waals surface area contributed by atoms with Gasteiger partial charge in [-0.1, -0.05) is 49.9 Å². The van der Waals surface area contributed by atoms with E-state index in [4.69, 9.17) is 21.3 Å².